The predicted octanol–water partition coefficient (Wildman–Crippen LogP) is 5.46. The summed E-state index contributed by atoms with van der Waals surface area (Å²) >= 11 is 3.52. The van der Waals surface area contributed by atoms with E-state index in [9.17, 15) is 0 Å². The molecule has 22 heavy (non-hydrogen) atoms. The van der Waals surface area contributed by atoms with Crippen molar-refractivity contribution in [2.75, 3.05) is 0 Å². The molecular weight excluding hydrogens is 336 g/mol. The van der Waals surface area contributed by atoms with Crippen LogP contribution in [0, 0.1) is 0 Å². The highest BCUT2D eigenvalue weighted by Crippen LogP contribution is 2.24. The molecule has 4 aromatic rings. The molecule has 0 atom stereocenters. The first-order valence-electron chi connectivity index (χ1n) is 7.10. The van der Waals surface area contributed by atoms with E-state index in [4.69, 9.17) is 0 Å². The van der Waals surface area contributed by atoms with E-state index in [2.05, 4.69) is 80.1 Å². The lowest BCUT2D eigenvalue weighted by Crippen LogP contribution is -1.91. The quantitative estimate of drug-likeness (QED) is 0.470. The number of fused-ring (bicyclic) bond motifs is 1. The average Bonchev–Trinajstić information content (AvgIpc) is 2.99. The zero-order valence-corrected chi connectivity index (χ0v) is 13.4. The Balaban J connectivity index is 1.78. The zero-order valence-electron chi connectivity index (χ0n) is 11.8. The Hall–Kier alpha value is -2.39. The summed E-state index contributed by atoms with van der Waals surface area (Å²) in [7, 11) is 0. The lowest BCUT2D eigenvalue weighted by molar-refractivity contribution is 1.09. The monoisotopic (exact) mass is 348 g/mol. The molecule has 0 spiro atoms. The fraction of sp³-hybridized carbons (Fsp3) is 0. The third-order valence-corrected chi connectivity index (χ3v) is 4.26. The van der Waals surface area contributed by atoms with Crippen LogP contribution in [0.3, 0.4) is 0 Å². The fourth-order valence-corrected chi connectivity index (χ4v) is 2.98. The molecule has 0 aliphatic heterocycles. The maximum Gasteiger partial charge on any atom is 0.100 e. The van der Waals surface area contributed by atoms with Crippen LogP contribution in [0.25, 0.3) is 27.8 Å². The molecule has 0 unspecified atom stereocenters. The maximum absolute atomic E-state index is 4.46. The number of halogens is 1. The van der Waals surface area contributed by atoms with Crippen LogP contribution in [-0.4, -0.2) is 9.55 Å². The minimum atomic E-state index is 0.996. The van der Waals surface area contributed by atoms with Gasteiger partial charge < -0.3 is 0 Å². The van der Waals surface area contributed by atoms with E-state index < -0.39 is 0 Å². The first-order valence-corrected chi connectivity index (χ1v) is 7.89. The van der Waals surface area contributed by atoms with Crippen LogP contribution in [0.2, 0.25) is 0 Å². The van der Waals surface area contributed by atoms with E-state index in [1.165, 1.54) is 11.1 Å². The van der Waals surface area contributed by atoms with E-state index in [-0.39, 0.29) is 0 Å². The lowest BCUT2D eigenvalue weighted by Gasteiger charge is -2.07. The van der Waals surface area contributed by atoms with Gasteiger partial charge in [0, 0.05) is 10.2 Å². The third kappa shape index (κ3) is 2.34. The Morgan fingerprint density at radius 2 is 1.50 bits per heavy atom. The minimum Gasteiger partial charge on any atom is -0.299 e. The molecule has 4 rings (SSSR count). The van der Waals surface area contributed by atoms with Crippen LogP contribution in [-0.2, 0) is 0 Å². The number of imidazole rings is 1. The molecule has 2 nitrogen and oxygen atoms in total. The highest BCUT2D eigenvalue weighted by Gasteiger charge is 2.05. The molecular formula is C19H13BrN2. The Kier molecular flexibility index (Phi) is 3.28. The normalized spacial score (nSPS) is 11.0. The van der Waals surface area contributed by atoms with Crippen molar-refractivity contribution in [1.29, 1.82) is 0 Å². The molecule has 0 saturated heterocycles. The molecule has 0 bridgehead atoms. The van der Waals surface area contributed by atoms with Gasteiger partial charge in [-0.05, 0) is 41.5 Å². The van der Waals surface area contributed by atoms with Crippen molar-refractivity contribution in [3.63, 3.8) is 0 Å². The highest BCUT2D eigenvalue weighted by molar-refractivity contribution is 9.10. The summed E-state index contributed by atoms with van der Waals surface area (Å²) in [5.74, 6) is 0. The summed E-state index contributed by atoms with van der Waals surface area (Å²) in [5.41, 5.74) is 5.65. The second kappa shape index (κ2) is 5.43. The van der Waals surface area contributed by atoms with Crippen molar-refractivity contribution >= 4 is 27.0 Å². The molecule has 3 heteroatoms. The number of benzene rings is 3. The van der Waals surface area contributed by atoms with Gasteiger partial charge in [0.2, 0.25) is 0 Å². The summed E-state index contributed by atoms with van der Waals surface area (Å²) < 4.78 is 3.16. The Labute approximate surface area is 137 Å². The predicted molar refractivity (Wildman–Crippen MR) is 94.2 cm³/mol. The Bertz CT molecular complexity index is 925. The maximum atomic E-state index is 4.46. The number of nitrogens with zero attached hydrogens (tertiary/aromatic N) is 2. The van der Waals surface area contributed by atoms with Crippen molar-refractivity contribution in [1.82, 2.24) is 9.55 Å². The molecule has 0 saturated carbocycles. The SMILES string of the molecule is Brc1ccc2ncn(-c3ccc(-c4ccccc4)cc3)c2c1. The van der Waals surface area contributed by atoms with Gasteiger partial charge in [-0.2, -0.15) is 0 Å². The average molecular weight is 349 g/mol. The number of hydrogen-bond acceptors (Lipinski definition) is 1. The highest BCUT2D eigenvalue weighted by atomic mass is 79.9. The lowest BCUT2D eigenvalue weighted by atomic mass is 10.1. The van der Waals surface area contributed by atoms with Crippen LogP contribution in [0.1, 0.15) is 0 Å². The van der Waals surface area contributed by atoms with Crippen molar-refractivity contribution < 1.29 is 0 Å². The van der Waals surface area contributed by atoms with E-state index in [0.717, 1.165) is 21.2 Å². The van der Waals surface area contributed by atoms with Crippen molar-refractivity contribution in [3.8, 4) is 16.8 Å². The van der Waals surface area contributed by atoms with Gasteiger partial charge in [0.15, 0.2) is 0 Å². The molecule has 0 aliphatic rings. The van der Waals surface area contributed by atoms with Gasteiger partial charge in [0.1, 0.15) is 6.33 Å². The van der Waals surface area contributed by atoms with Gasteiger partial charge in [0.25, 0.3) is 0 Å². The zero-order chi connectivity index (χ0) is 14.9. The van der Waals surface area contributed by atoms with Crippen molar-refractivity contribution in [3.05, 3.63) is 83.6 Å². The standard InChI is InChI=1S/C19H13BrN2/c20-16-8-11-18-19(12-16)22(13-21-18)17-9-6-15(7-10-17)14-4-2-1-3-5-14/h1-13H. The van der Waals surface area contributed by atoms with Gasteiger partial charge in [-0.15, -0.1) is 0 Å². The van der Waals surface area contributed by atoms with Gasteiger partial charge >= 0.3 is 0 Å². The van der Waals surface area contributed by atoms with E-state index in [0.29, 0.717) is 0 Å². The molecule has 1 heterocycles. The van der Waals surface area contributed by atoms with Crippen LogP contribution in [0.5, 0.6) is 0 Å². The summed E-state index contributed by atoms with van der Waals surface area (Å²) in [6, 6.07) is 25.1. The first kappa shape index (κ1) is 13.3. The summed E-state index contributed by atoms with van der Waals surface area (Å²) in [4.78, 5) is 4.46. The first-order chi connectivity index (χ1) is 10.8. The Morgan fingerprint density at radius 1 is 0.773 bits per heavy atom. The number of aromatic nitrogens is 2. The Morgan fingerprint density at radius 3 is 2.27 bits per heavy atom. The van der Waals surface area contributed by atoms with E-state index in [1.807, 2.05) is 24.5 Å². The molecule has 0 radical (unpaired) electrons. The number of hydrogen-bond donors (Lipinski definition) is 0. The smallest absolute Gasteiger partial charge is 0.100 e. The molecule has 106 valence electrons. The van der Waals surface area contributed by atoms with Gasteiger partial charge in [-0.25, -0.2) is 4.98 Å². The second-order valence-corrected chi connectivity index (χ2v) is 6.08. The van der Waals surface area contributed by atoms with Crippen molar-refractivity contribution in [2.24, 2.45) is 0 Å². The molecule has 0 fully saturated rings. The van der Waals surface area contributed by atoms with Gasteiger partial charge in [0.05, 0.1) is 11.0 Å². The topological polar surface area (TPSA) is 17.8 Å². The van der Waals surface area contributed by atoms with Gasteiger partial charge in [-0.1, -0.05) is 58.4 Å². The summed E-state index contributed by atoms with van der Waals surface area (Å²) in [6.07, 6.45) is 1.87. The molecule has 0 aliphatic carbocycles. The van der Waals surface area contributed by atoms with Gasteiger partial charge in [-0.3, -0.25) is 4.57 Å². The summed E-state index contributed by atoms with van der Waals surface area (Å²) in [6.45, 7) is 0. The van der Waals surface area contributed by atoms with Crippen LogP contribution < -0.4 is 0 Å². The fourth-order valence-electron chi connectivity index (χ4n) is 2.63. The molecule has 1 aromatic heterocycles. The molecule has 0 amide bonds. The number of rotatable bonds is 2. The second-order valence-electron chi connectivity index (χ2n) is 5.16. The van der Waals surface area contributed by atoms with E-state index >= 15 is 0 Å². The summed E-state index contributed by atoms with van der Waals surface area (Å²) in [5, 5.41) is 0. The third-order valence-electron chi connectivity index (χ3n) is 3.76. The molecule has 0 N–H and O–H groups in total. The minimum absolute atomic E-state index is 0.996. The molecule has 3 aromatic carbocycles. The van der Waals surface area contributed by atoms with Crippen LogP contribution >= 0.6 is 15.9 Å². The van der Waals surface area contributed by atoms with Crippen molar-refractivity contribution in [2.45, 2.75) is 0 Å². The largest absolute Gasteiger partial charge is 0.299 e. The van der Waals surface area contributed by atoms with E-state index in [1.54, 1.807) is 0 Å². The van der Waals surface area contributed by atoms with Crippen LogP contribution in [0.4, 0.5) is 0 Å². The van der Waals surface area contributed by atoms with Crippen LogP contribution in [0.15, 0.2) is 83.6 Å².